The Kier molecular flexibility index (Phi) is 8.98. The summed E-state index contributed by atoms with van der Waals surface area (Å²) in [6.07, 6.45) is 0. The number of benzene rings is 2. The highest BCUT2D eigenvalue weighted by atomic mass is 127. The number of rotatable bonds is 5. The third-order valence-corrected chi connectivity index (χ3v) is 4.66. The van der Waals surface area contributed by atoms with Crippen molar-refractivity contribution in [2.45, 2.75) is 13.1 Å². The summed E-state index contributed by atoms with van der Waals surface area (Å²) in [5, 5.41) is 3.42. The molecule has 1 N–H and O–H groups in total. The van der Waals surface area contributed by atoms with E-state index in [-0.39, 0.29) is 29.8 Å². The van der Waals surface area contributed by atoms with Crippen LogP contribution in [0, 0.1) is 5.82 Å². The molecule has 0 aliphatic carbocycles. The Bertz CT molecular complexity index is 781. The maximum Gasteiger partial charge on any atom is 0.193 e. The van der Waals surface area contributed by atoms with Crippen molar-refractivity contribution < 1.29 is 9.13 Å². The van der Waals surface area contributed by atoms with Crippen molar-refractivity contribution in [2.24, 2.45) is 4.99 Å². The molecule has 1 saturated heterocycles. The van der Waals surface area contributed by atoms with Crippen LogP contribution in [0.3, 0.4) is 0 Å². The fourth-order valence-electron chi connectivity index (χ4n) is 3.32. The number of anilines is 1. The van der Waals surface area contributed by atoms with Crippen molar-refractivity contribution in [3.8, 4) is 0 Å². The minimum atomic E-state index is -0.219. The molecular weight excluding hydrogens is 470 g/mol. The zero-order valence-corrected chi connectivity index (χ0v) is 18.7. The fourth-order valence-corrected chi connectivity index (χ4v) is 3.32. The summed E-state index contributed by atoms with van der Waals surface area (Å²) >= 11 is 0. The zero-order chi connectivity index (χ0) is 19.1. The topological polar surface area (TPSA) is 40.1 Å². The van der Waals surface area contributed by atoms with E-state index >= 15 is 0 Å². The molecule has 0 radical (unpaired) electrons. The molecule has 3 rings (SSSR count). The molecular formula is C21H28FIN4O. The number of morpholine rings is 1. The lowest BCUT2D eigenvalue weighted by Gasteiger charge is -2.31. The van der Waals surface area contributed by atoms with Crippen LogP contribution in [0.15, 0.2) is 53.5 Å². The van der Waals surface area contributed by atoms with E-state index in [1.165, 1.54) is 17.3 Å². The van der Waals surface area contributed by atoms with Crippen LogP contribution in [0.4, 0.5) is 10.1 Å². The molecule has 5 nitrogen and oxygen atoms in total. The first-order chi connectivity index (χ1) is 13.2. The molecule has 0 amide bonds. The van der Waals surface area contributed by atoms with Crippen molar-refractivity contribution in [1.29, 1.82) is 0 Å². The first-order valence-corrected chi connectivity index (χ1v) is 9.24. The van der Waals surface area contributed by atoms with Crippen molar-refractivity contribution in [1.82, 2.24) is 10.2 Å². The molecule has 28 heavy (non-hydrogen) atoms. The molecule has 2 aromatic carbocycles. The van der Waals surface area contributed by atoms with E-state index in [2.05, 4.69) is 39.5 Å². The lowest BCUT2D eigenvalue weighted by atomic mass is 10.1. The highest BCUT2D eigenvalue weighted by Gasteiger charge is 2.15. The van der Waals surface area contributed by atoms with Crippen LogP contribution in [0.25, 0.3) is 0 Å². The number of guanidine groups is 1. The number of nitrogens with one attached hydrogen (secondary N) is 1. The average Bonchev–Trinajstić information content (AvgIpc) is 2.69. The molecule has 0 aromatic heterocycles. The summed E-state index contributed by atoms with van der Waals surface area (Å²) in [5.41, 5.74) is 3.37. The van der Waals surface area contributed by atoms with Crippen LogP contribution in [-0.4, -0.2) is 51.3 Å². The Balaban J connectivity index is 0.00000280. The number of nitrogens with zero attached hydrogens (tertiary/aromatic N) is 3. The van der Waals surface area contributed by atoms with E-state index in [0.29, 0.717) is 13.1 Å². The predicted molar refractivity (Wildman–Crippen MR) is 123 cm³/mol. The number of ether oxygens (including phenoxy) is 1. The molecule has 1 heterocycles. The molecule has 1 fully saturated rings. The molecule has 0 bridgehead atoms. The third kappa shape index (κ3) is 6.07. The van der Waals surface area contributed by atoms with Gasteiger partial charge in [0.15, 0.2) is 5.96 Å². The van der Waals surface area contributed by atoms with E-state index in [9.17, 15) is 4.39 Å². The lowest BCUT2D eigenvalue weighted by Crippen LogP contribution is -2.39. The number of halogens is 2. The lowest BCUT2D eigenvalue weighted by molar-refractivity contribution is 0.122. The quantitative estimate of drug-likeness (QED) is 0.390. The van der Waals surface area contributed by atoms with Gasteiger partial charge >= 0.3 is 0 Å². The number of hydrogen-bond donors (Lipinski definition) is 1. The fraction of sp³-hybridized carbons (Fsp3) is 0.381. The Morgan fingerprint density at radius 2 is 1.93 bits per heavy atom. The minimum Gasteiger partial charge on any atom is -0.378 e. The normalized spacial score (nSPS) is 14.4. The monoisotopic (exact) mass is 498 g/mol. The van der Waals surface area contributed by atoms with Crippen LogP contribution in [0.2, 0.25) is 0 Å². The molecule has 0 spiro atoms. The second kappa shape index (κ2) is 11.2. The number of hydrogen-bond acceptors (Lipinski definition) is 3. The molecule has 0 unspecified atom stereocenters. The number of aliphatic imine (C=N–C) groups is 1. The molecule has 0 atom stereocenters. The maximum absolute atomic E-state index is 13.4. The van der Waals surface area contributed by atoms with Gasteiger partial charge < -0.3 is 19.9 Å². The van der Waals surface area contributed by atoms with Gasteiger partial charge in [0.1, 0.15) is 5.82 Å². The minimum absolute atomic E-state index is 0. The molecule has 0 saturated carbocycles. The van der Waals surface area contributed by atoms with Crippen molar-refractivity contribution in [3.05, 3.63) is 65.5 Å². The summed E-state index contributed by atoms with van der Waals surface area (Å²) in [5.74, 6) is 0.555. The summed E-state index contributed by atoms with van der Waals surface area (Å²) in [4.78, 5) is 8.72. The van der Waals surface area contributed by atoms with Crippen molar-refractivity contribution in [2.75, 3.05) is 45.3 Å². The van der Waals surface area contributed by atoms with Gasteiger partial charge in [-0.2, -0.15) is 0 Å². The van der Waals surface area contributed by atoms with Crippen LogP contribution < -0.4 is 10.2 Å². The van der Waals surface area contributed by atoms with E-state index in [1.807, 2.05) is 18.0 Å². The van der Waals surface area contributed by atoms with Gasteiger partial charge in [0.25, 0.3) is 0 Å². The largest absolute Gasteiger partial charge is 0.378 e. The van der Waals surface area contributed by atoms with Gasteiger partial charge in [0.2, 0.25) is 0 Å². The zero-order valence-electron chi connectivity index (χ0n) is 16.4. The van der Waals surface area contributed by atoms with Crippen LogP contribution in [-0.2, 0) is 17.8 Å². The summed E-state index contributed by atoms with van der Waals surface area (Å²) in [6, 6.07) is 15.1. The highest BCUT2D eigenvalue weighted by Crippen LogP contribution is 2.21. The van der Waals surface area contributed by atoms with Gasteiger partial charge in [0, 0.05) is 46.0 Å². The summed E-state index contributed by atoms with van der Waals surface area (Å²) < 4.78 is 18.9. The Morgan fingerprint density at radius 3 is 2.64 bits per heavy atom. The maximum atomic E-state index is 13.4. The standard InChI is InChI=1S/C21H27FN4O.HI/c1-23-21(25(2)16-17-6-5-8-19(22)14-17)24-15-18-7-3-4-9-20(18)26-10-12-27-13-11-26;/h3-9,14H,10-13,15-16H2,1-2H3,(H,23,24);1H. The molecule has 152 valence electrons. The molecule has 2 aromatic rings. The molecule has 1 aliphatic heterocycles. The average molecular weight is 498 g/mol. The second-order valence-electron chi connectivity index (χ2n) is 6.61. The summed E-state index contributed by atoms with van der Waals surface area (Å²) in [7, 11) is 3.71. The van der Waals surface area contributed by atoms with Gasteiger partial charge in [-0.15, -0.1) is 24.0 Å². The van der Waals surface area contributed by atoms with Crippen LogP contribution in [0.5, 0.6) is 0 Å². The van der Waals surface area contributed by atoms with E-state index in [0.717, 1.165) is 37.8 Å². The van der Waals surface area contributed by atoms with Gasteiger partial charge in [-0.1, -0.05) is 30.3 Å². The van der Waals surface area contributed by atoms with Gasteiger partial charge in [-0.3, -0.25) is 4.99 Å². The van der Waals surface area contributed by atoms with Crippen molar-refractivity contribution in [3.63, 3.8) is 0 Å². The highest BCUT2D eigenvalue weighted by molar-refractivity contribution is 14.0. The van der Waals surface area contributed by atoms with Gasteiger partial charge in [-0.05, 0) is 29.3 Å². The Morgan fingerprint density at radius 1 is 1.18 bits per heavy atom. The third-order valence-electron chi connectivity index (χ3n) is 4.66. The van der Waals surface area contributed by atoms with Gasteiger partial charge in [0.05, 0.1) is 13.2 Å². The summed E-state index contributed by atoms with van der Waals surface area (Å²) in [6.45, 7) is 4.60. The van der Waals surface area contributed by atoms with E-state index < -0.39 is 0 Å². The SMILES string of the molecule is CN=C(NCc1ccccc1N1CCOCC1)N(C)Cc1cccc(F)c1.I. The Labute approximate surface area is 183 Å². The predicted octanol–water partition coefficient (Wildman–Crippen LogP) is 3.49. The first kappa shape index (κ1) is 22.4. The van der Waals surface area contributed by atoms with E-state index in [1.54, 1.807) is 19.2 Å². The number of para-hydroxylation sites is 1. The smallest absolute Gasteiger partial charge is 0.193 e. The van der Waals surface area contributed by atoms with Crippen molar-refractivity contribution >= 4 is 35.6 Å². The molecule has 7 heteroatoms. The first-order valence-electron chi connectivity index (χ1n) is 9.24. The van der Waals surface area contributed by atoms with Gasteiger partial charge in [-0.25, -0.2) is 4.39 Å². The van der Waals surface area contributed by atoms with E-state index in [4.69, 9.17) is 4.74 Å². The Hall–Kier alpha value is -1.87. The molecule has 1 aliphatic rings. The van der Waals surface area contributed by atoms with Crippen LogP contribution >= 0.6 is 24.0 Å². The second-order valence-corrected chi connectivity index (χ2v) is 6.61. The van der Waals surface area contributed by atoms with Crippen LogP contribution in [0.1, 0.15) is 11.1 Å².